The average Bonchev–Trinajstić information content (AvgIpc) is 2.53. The van der Waals surface area contributed by atoms with Crippen LogP contribution in [0.25, 0.3) is 0 Å². The summed E-state index contributed by atoms with van der Waals surface area (Å²) in [5, 5.41) is 10.7. The van der Waals surface area contributed by atoms with Crippen LogP contribution in [0.15, 0.2) is 47.4 Å². The Hall–Kier alpha value is -2.26. The quantitative estimate of drug-likeness (QED) is 0.564. The lowest BCUT2D eigenvalue weighted by molar-refractivity contribution is -0.384. The second-order valence-corrected chi connectivity index (χ2v) is 6.94. The van der Waals surface area contributed by atoms with Crippen LogP contribution in [0.5, 0.6) is 5.75 Å². The first kappa shape index (κ1) is 18.1. The number of alkyl halides is 2. The molecule has 0 radical (unpaired) electrons. The molecule has 0 aliphatic rings. The van der Waals surface area contributed by atoms with Crippen LogP contribution in [-0.4, -0.2) is 19.1 Å². The van der Waals surface area contributed by atoms with Gasteiger partial charge in [0.1, 0.15) is 12.4 Å². The Morgan fingerprint density at radius 3 is 2.29 bits per heavy atom. The molecule has 2 aromatic rings. The molecular formula is C14H10ClF2NO5S. The molecule has 10 heteroatoms. The number of rotatable bonds is 6. The summed E-state index contributed by atoms with van der Waals surface area (Å²) in [6.45, 7) is -0.0213. The van der Waals surface area contributed by atoms with Crippen molar-refractivity contribution in [1.29, 1.82) is 0 Å². The first-order valence-corrected chi connectivity index (χ1v) is 8.32. The van der Waals surface area contributed by atoms with E-state index in [9.17, 15) is 27.3 Å². The molecule has 0 spiro atoms. The lowest BCUT2D eigenvalue weighted by Crippen LogP contribution is -2.11. The van der Waals surface area contributed by atoms with E-state index in [1.807, 2.05) is 0 Å². The van der Waals surface area contributed by atoms with Gasteiger partial charge in [0.2, 0.25) is 9.84 Å². The van der Waals surface area contributed by atoms with Crippen molar-refractivity contribution in [2.75, 3.05) is 0 Å². The van der Waals surface area contributed by atoms with E-state index in [1.54, 1.807) is 0 Å². The van der Waals surface area contributed by atoms with Gasteiger partial charge in [-0.2, -0.15) is 8.78 Å². The van der Waals surface area contributed by atoms with E-state index in [0.29, 0.717) is 5.56 Å². The van der Waals surface area contributed by atoms with Gasteiger partial charge in [-0.3, -0.25) is 10.1 Å². The van der Waals surface area contributed by atoms with Gasteiger partial charge in [-0.1, -0.05) is 23.7 Å². The molecule has 128 valence electrons. The molecule has 6 nitrogen and oxygen atoms in total. The largest absolute Gasteiger partial charge is 0.487 e. The van der Waals surface area contributed by atoms with Crippen LogP contribution in [0.4, 0.5) is 14.5 Å². The predicted octanol–water partition coefficient (Wildman–Crippen LogP) is 3.82. The van der Waals surface area contributed by atoms with Gasteiger partial charge in [-0.25, -0.2) is 8.42 Å². The lowest BCUT2D eigenvalue weighted by Gasteiger charge is -2.09. The van der Waals surface area contributed by atoms with E-state index < -0.39 is 25.4 Å². The van der Waals surface area contributed by atoms with Crippen LogP contribution < -0.4 is 4.74 Å². The summed E-state index contributed by atoms with van der Waals surface area (Å²) in [5.41, 5.74) is 0.326. The summed E-state index contributed by atoms with van der Waals surface area (Å²) in [4.78, 5) is 9.52. The average molecular weight is 378 g/mol. The predicted molar refractivity (Wildman–Crippen MR) is 82.1 cm³/mol. The third-order valence-corrected chi connectivity index (χ3v) is 4.70. The second kappa shape index (κ2) is 7.10. The van der Waals surface area contributed by atoms with Crippen LogP contribution in [-0.2, 0) is 16.4 Å². The molecule has 0 saturated heterocycles. The number of halogens is 3. The number of nitrogens with zero attached hydrogens (tertiary/aromatic N) is 1. The number of ether oxygens (including phenoxy) is 1. The maximum absolute atomic E-state index is 12.4. The molecule has 0 aliphatic carbocycles. The zero-order valence-electron chi connectivity index (χ0n) is 11.9. The molecule has 0 N–H and O–H groups in total. The SMILES string of the molecule is O=[N+]([O-])c1ccc(OCc2ccc(S(=O)(=O)C(F)F)cc2)c(Cl)c1. The summed E-state index contributed by atoms with van der Waals surface area (Å²) in [5.74, 6) is -3.29. The van der Waals surface area contributed by atoms with Gasteiger partial charge in [0, 0.05) is 12.1 Å². The van der Waals surface area contributed by atoms with E-state index in [2.05, 4.69) is 0 Å². The highest BCUT2D eigenvalue weighted by molar-refractivity contribution is 7.91. The monoisotopic (exact) mass is 377 g/mol. The Morgan fingerprint density at radius 2 is 1.79 bits per heavy atom. The van der Waals surface area contributed by atoms with Gasteiger partial charge >= 0.3 is 5.76 Å². The number of nitro groups is 1. The van der Waals surface area contributed by atoms with E-state index in [0.717, 1.165) is 18.2 Å². The van der Waals surface area contributed by atoms with Crippen LogP contribution in [0, 0.1) is 10.1 Å². The van der Waals surface area contributed by atoms with Crippen LogP contribution in [0.2, 0.25) is 5.02 Å². The molecule has 0 atom stereocenters. The van der Waals surface area contributed by atoms with Gasteiger partial charge in [0.25, 0.3) is 5.69 Å². The molecule has 0 aliphatic heterocycles. The van der Waals surface area contributed by atoms with Gasteiger partial charge in [-0.15, -0.1) is 0 Å². The number of benzene rings is 2. The Labute approximate surface area is 140 Å². The minimum absolute atomic E-state index is 0.0213. The molecule has 0 bridgehead atoms. The van der Waals surface area contributed by atoms with Crippen molar-refractivity contribution in [2.24, 2.45) is 0 Å². The first-order valence-electron chi connectivity index (χ1n) is 6.39. The summed E-state index contributed by atoms with van der Waals surface area (Å²) in [6, 6.07) is 8.45. The summed E-state index contributed by atoms with van der Waals surface area (Å²) in [6.07, 6.45) is 0. The number of hydrogen-bond acceptors (Lipinski definition) is 5. The molecular weight excluding hydrogens is 368 g/mol. The highest BCUT2D eigenvalue weighted by atomic mass is 35.5. The molecule has 0 unspecified atom stereocenters. The van der Waals surface area contributed by atoms with Crippen molar-refractivity contribution < 1.29 is 26.9 Å². The van der Waals surface area contributed by atoms with Crippen LogP contribution >= 0.6 is 11.6 Å². The highest BCUT2D eigenvalue weighted by Crippen LogP contribution is 2.29. The maximum Gasteiger partial charge on any atom is 0.341 e. The Kier molecular flexibility index (Phi) is 5.35. The zero-order chi connectivity index (χ0) is 17.9. The summed E-state index contributed by atoms with van der Waals surface area (Å²) in [7, 11) is -4.64. The second-order valence-electron chi connectivity index (χ2n) is 4.61. The summed E-state index contributed by atoms with van der Waals surface area (Å²) < 4.78 is 52.8. The van der Waals surface area contributed by atoms with Crippen LogP contribution in [0.1, 0.15) is 5.56 Å². The van der Waals surface area contributed by atoms with Crippen molar-refractivity contribution in [3.8, 4) is 5.75 Å². The standard InChI is InChI=1S/C14H10ClF2NO5S/c15-12-7-10(18(19)20)3-6-13(12)23-8-9-1-4-11(5-2-9)24(21,22)14(16)17/h1-7,14H,8H2. The molecule has 24 heavy (non-hydrogen) atoms. The third kappa shape index (κ3) is 3.98. The molecule has 0 aromatic heterocycles. The van der Waals surface area contributed by atoms with Crippen LogP contribution in [0.3, 0.4) is 0 Å². The molecule has 0 saturated carbocycles. The van der Waals surface area contributed by atoms with Gasteiger partial charge in [0.05, 0.1) is 14.8 Å². The fourth-order valence-electron chi connectivity index (χ4n) is 1.76. The molecule has 0 heterocycles. The fraction of sp³-hybridized carbons (Fsp3) is 0.143. The van der Waals surface area contributed by atoms with E-state index >= 15 is 0 Å². The van der Waals surface area contributed by atoms with Crippen molar-refractivity contribution in [1.82, 2.24) is 0 Å². The van der Waals surface area contributed by atoms with Crippen molar-refractivity contribution in [3.05, 3.63) is 63.2 Å². The van der Waals surface area contributed by atoms with E-state index in [1.165, 1.54) is 24.3 Å². The molecule has 0 amide bonds. The highest BCUT2D eigenvalue weighted by Gasteiger charge is 2.26. The van der Waals surface area contributed by atoms with Crippen molar-refractivity contribution in [2.45, 2.75) is 17.3 Å². The first-order chi connectivity index (χ1) is 11.2. The normalized spacial score (nSPS) is 11.5. The number of non-ortho nitro benzene ring substituents is 1. The zero-order valence-corrected chi connectivity index (χ0v) is 13.4. The van der Waals surface area contributed by atoms with Gasteiger partial charge < -0.3 is 4.74 Å². The number of nitro benzene ring substituents is 1. The molecule has 2 aromatic carbocycles. The molecule has 2 rings (SSSR count). The van der Waals surface area contributed by atoms with E-state index in [4.69, 9.17) is 16.3 Å². The summed E-state index contributed by atoms with van der Waals surface area (Å²) >= 11 is 5.87. The Bertz CT molecular complexity index is 856. The topological polar surface area (TPSA) is 86.5 Å². The smallest absolute Gasteiger partial charge is 0.341 e. The number of sulfone groups is 1. The van der Waals surface area contributed by atoms with Crippen molar-refractivity contribution >= 4 is 27.1 Å². The van der Waals surface area contributed by atoms with Crippen molar-refractivity contribution in [3.63, 3.8) is 0 Å². The fourth-order valence-corrected chi connectivity index (χ4v) is 2.71. The van der Waals surface area contributed by atoms with E-state index in [-0.39, 0.29) is 23.1 Å². The minimum Gasteiger partial charge on any atom is -0.487 e. The number of hydrogen-bond donors (Lipinski definition) is 0. The third-order valence-electron chi connectivity index (χ3n) is 3.01. The van der Waals surface area contributed by atoms with Gasteiger partial charge in [0.15, 0.2) is 0 Å². The molecule has 0 fully saturated rings. The van der Waals surface area contributed by atoms with Gasteiger partial charge in [-0.05, 0) is 23.8 Å². The Morgan fingerprint density at radius 1 is 1.17 bits per heavy atom. The lowest BCUT2D eigenvalue weighted by atomic mass is 10.2. The minimum atomic E-state index is -4.64. The Balaban J connectivity index is 2.09. The maximum atomic E-state index is 12.4.